The summed E-state index contributed by atoms with van der Waals surface area (Å²) in [6.45, 7) is 7.40. The number of nitrogens with one attached hydrogen (secondary N) is 1. The predicted molar refractivity (Wildman–Crippen MR) is 68.3 cm³/mol. The molecule has 90 valence electrons. The number of aliphatic hydroxyl groups excluding tert-OH is 1. The smallest absolute Gasteiger partial charge is 0.0940 e. The van der Waals surface area contributed by atoms with Gasteiger partial charge in [-0.3, -0.25) is 0 Å². The van der Waals surface area contributed by atoms with Crippen molar-refractivity contribution in [2.24, 2.45) is 5.92 Å². The molecule has 0 spiro atoms. The first kappa shape index (κ1) is 13.2. The van der Waals surface area contributed by atoms with Gasteiger partial charge < -0.3 is 10.4 Å². The lowest BCUT2D eigenvalue weighted by molar-refractivity contribution is 0.135. The van der Waals surface area contributed by atoms with Crippen molar-refractivity contribution in [3.8, 4) is 0 Å². The van der Waals surface area contributed by atoms with Crippen LogP contribution in [0.25, 0.3) is 0 Å². The zero-order chi connectivity index (χ0) is 12.0. The maximum Gasteiger partial charge on any atom is 0.0940 e. The standard InChI is InChI=1S/C14H23NO/c1-11(2)9-10-15-12(3)14(16)13-7-5-4-6-8-13/h4-8,11-12,14-16H,9-10H2,1-3H3/t12-,14+/m1/s1. The van der Waals surface area contributed by atoms with Crippen LogP contribution in [0.3, 0.4) is 0 Å². The molecule has 0 heterocycles. The maximum atomic E-state index is 10.1. The van der Waals surface area contributed by atoms with Gasteiger partial charge >= 0.3 is 0 Å². The van der Waals surface area contributed by atoms with Crippen molar-refractivity contribution in [1.82, 2.24) is 5.32 Å². The van der Waals surface area contributed by atoms with Crippen LogP contribution in [0.15, 0.2) is 30.3 Å². The van der Waals surface area contributed by atoms with Gasteiger partial charge in [0.25, 0.3) is 0 Å². The van der Waals surface area contributed by atoms with Crippen LogP contribution in [0.4, 0.5) is 0 Å². The minimum atomic E-state index is -0.423. The molecule has 0 amide bonds. The van der Waals surface area contributed by atoms with Crippen LogP contribution in [0.5, 0.6) is 0 Å². The molecule has 0 radical (unpaired) electrons. The molecular formula is C14H23NO. The van der Waals surface area contributed by atoms with E-state index < -0.39 is 6.10 Å². The highest BCUT2D eigenvalue weighted by atomic mass is 16.3. The zero-order valence-corrected chi connectivity index (χ0v) is 10.5. The quantitative estimate of drug-likeness (QED) is 0.774. The summed E-state index contributed by atoms with van der Waals surface area (Å²) in [5.74, 6) is 0.702. The van der Waals surface area contributed by atoms with Gasteiger partial charge in [0.05, 0.1) is 6.10 Å². The van der Waals surface area contributed by atoms with Crippen molar-refractivity contribution >= 4 is 0 Å². The van der Waals surface area contributed by atoms with Crippen LogP contribution in [0.1, 0.15) is 38.9 Å². The van der Waals surface area contributed by atoms with E-state index in [-0.39, 0.29) is 6.04 Å². The van der Waals surface area contributed by atoms with Gasteiger partial charge in [-0.05, 0) is 31.4 Å². The molecule has 2 atom stereocenters. The fraction of sp³-hybridized carbons (Fsp3) is 0.571. The third-order valence-electron chi connectivity index (χ3n) is 2.80. The minimum absolute atomic E-state index is 0.0983. The maximum absolute atomic E-state index is 10.1. The highest BCUT2D eigenvalue weighted by Crippen LogP contribution is 2.15. The lowest BCUT2D eigenvalue weighted by atomic mass is 10.0. The average molecular weight is 221 g/mol. The monoisotopic (exact) mass is 221 g/mol. The van der Waals surface area contributed by atoms with Crippen molar-refractivity contribution < 1.29 is 5.11 Å². The van der Waals surface area contributed by atoms with Crippen LogP contribution in [0.2, 0.25) is 0 Å². The third kappa shape index (κ3) is 4.33. The van der Waals surface area contributed by atoms with Gasteiger partial charge in [-0.15, -0.1) is 0 Å². The number of hydrogen-bond donors (Lipinski definition) is 2. The summed E-state index contributed by atoms with van der Waals surface area (Å²) in [6, 6.07) is 9.91. The fourth-order valence-electron chi connectivity index (χ4n) is 1.65. The van der Waals surface area contributed by atoms with Gasteiger partial charge in [-0.25, -0.2) is 0 Å². The molecule has 0 saturated carbocycles. The number of benzene rings is 1. The van der Waals surface area contributed by atoms with Crippen LogP contribution >= 0.6 is 0 Å². The summed E-state index contributed by atoms with van der Waals surface area (Å²) in [5.41, 5.74) is 0.979. The van der Waals surface area contributed by atoms with Crippen molar-refractivity contribution in [1.29, 1.82) is 0 Å². The Bertz CT molecular complexity index is 284. The van der Waals surface area contributed by atoms with Gasteiger partial charge in [0.15, 0.2) is 0 Å². The molecule has 0 aliphatic heterocycles. The Morgan fingerprint density at radius 3 is 2.31 bits per heavy atom. The van der Waals surface area contributed by atoms with E-state index in [0.717, 1.165) is 18.5 Å². The first-order chi connectivity index (χ1) is 7.61. The Hall–Kier alpha value is -0.860. The van der Waals surface area contributed by atoms with Crippen LogP contribution in [-0.4, -0.2) is 17.7 Å². The summed E-state index contributed by atoms with van der Waals surface area (Å²) < 4.78 is 0. The van der Waals surface area contributed by atoms with Gasteiger partial charge in [0, 0.05) is 6.04 Å². The Morgan fingerprint density at radius 1 is 1.12 bits per heavy atom. The molecule has 1 aromatic rings. The highest BCUT2D eigenvalue weighted by molar-refractivity contribution is 5.18. The second-order valence-corrected chi connectivity index (χ2v) is 4.78. The molecule has 0 fully saturated rings. The predicted octanol–water partition coefficient (Wildman–Crippen LogP) is 2.74. The Kier molecular flexibility index (Phi) is 5.50. The SMILES string of the molecule is CC(C)CCN[C@H](C)[C@H](O)c1ccccc1. The summed E-state index contributed by atoms with van der Waals surface area (Å²) >= 11 is 0. The van der Waals surface area contributed by atoms with E-state index in [2.05, 4.69) is 19.2 Å². The van der Waals surface area contributed by atoms with Gasteiger partial charge in [-0.2, -0.15) is 0 Å². The Morgan fingerprint density at radius 2 is 1.75 bits per heavy atom. The lowest BCUT2D eigenvalue weighted by Gasteiger charge is -2.21. The Balaban J connectivity index is 2.39. The first-order valence-electron chi connectivity index (χ1n) is 6.07. The molecule has 2 heteroatoms. The zero-order valence-electron chi connectivity index (χ0n) is 10.5. The molecule has 2 nitrogen and oxygen atoms in total. The summed E-state index contributed by atoms with van der Waals surface area (Å²) in [4.78, 5) is 0. The molecule has 0 aliphatic rings. The second kappa shape index (κ2) is 6.66. The molecular weight excluding hydrogens is 198 g/mol. The van der Waals surface area contributed by atoms with Gasteiger partial charge in [-0.1, -0.05) is 44.2 Å². The number of hydrogen-bond acceptors (Lipinski definition) is 2. The average Bonchev–Trinajstić information content (AvgIpc) is 2.28. The van der Waals surface area contributed by atoms with E-state index >= 15 is 0 Å². The summed E-state index contributed by atoms with van der Waals surface area (Å²) in [7, 11) is 0. The topological polar surface area (TPSA) is 32.3 Å². The minimum Gasteiger partial charge on any atom is -0.387 e. The summed E-state index contributed by atoms with van der Waals surface area (Å²) in [5, 5.41) is 13.5. The molecule has 0 bridgehead atoms. The second-order valence-electron chi connectivity index (χ2n) is 4.78. The van der Waals surface area contributed by atoms with E-state index in [9.17, 15) is 5.11 Å². The van der Waals surface area contributed by atoms with E-state index in [1.807, 2.05) is 37.3 Å². The highest BCUT2D eigenvalue weighted by Gasteiger charge is 2.14. The van der Waals surface area contributed by atoms with Crippen LogP contribution in [-0.2, 0) is 0 Å². The summed E-state index contributed by atoms with van der Waals surface area (Å²) in [6.07, 6.45) is 0.722. The molecule has 16 heavy (non-hydrogen) atoms. The van der Waals surface area contributed by atoms with Crippen LogP contribution < -0.4 is 5.32 Å². The lowest BCUT2D eigenvalue weighted by Crippen LogP contribution is -2.33. The fourth-order valence-corrected chi connectivity index (χ4v) is 1.65. The molecule has 0 saturated heterocycles. The molecule has 0 aliphatic carbocycles. The molecule has 2 N–H and O–H groups in total. The normalized spacial score (nSPS) is 15.1. The molecule has 1 aromatic carbocycles. The number of aliphatic hydroxyl groups is 1. The van der Waals surface area contributed by atoms with Crippen molar-refractivity contribution in [3.63, 3.8) is 0 Å². The van der Waals surface area contributed by atoms with E-state index in [1.54, 1.807) is 0 Å². The largest absolute Gasteiger partial charge is 0.387 e. The van der Waals surface area contributed by atoms with Crippen molar-refractivity contribution in [2.75, 3.05) is 6.54 Å². The van der Waals surface area contributed by atoms with E-state index in [1.165, 1.54) is 0 Å². The molecule has 0 unspecified atom stereocenters. The van der Waals surface area contributed by atoms with Gasteiger partial charge in [0.1, 0.15) is 0 Å². The van der Waals surface area contributed by atoms with E-state index in [0.29, 0.717) is 5.92 Å². The van der Waals surface area contributed by atoms with Crippen molar-refractivity contribution in [3.05, 3.63) is 35.9 Å². The van der Waals surface area contributed by atoms with Crippen LogP contribution in [0, 0.1) is 5.92 Å². The first-order valence-corrected chi connectivity index (χ1v) is 6.07. The molecule has 0 aromatic heterocycles. The third-order valence-corrected chi connectivity index (χ3v) is 2.80. The Labute approximate surface area is 98.7 Å². The molecule has 1 rings (SSSR count). The van der Waals surface area contributed by atoms with Gasteiger partial charge in [0.2, 0.25) is 0 Å². The van der Waals surface area contributed by atoms with Crippen molar-refractivity contribution in [2.45, 2.75) is 39.3 Å². The number of rotatable bonds is 6. The van der Waals surface area contributed by atoms with E-state index in [4.69, 9.17) is 0 Å².